The Morgan fingerprint density at radius 2 is 2.27 bits per heavy atom. The maximum Gasteiger partial charge on any atom is 0.336 e. The van der Waals surface area contributed by atoms with Crippen molar-refractivity contribution in [2.24, 2.45) is 5.73 Å². The summed E-state index contributed by atoms with van der Waals surface area (Å²) in [6.45, 7) is 2.37. The van der Waals surface area contributed by atoms with Gasteiger partial charge in [0.15, 0.2) is 0 Å². The highest BCUT2D eigenvalue weighted by Gasteiger charge is 2.15. The maximum atomic E-state index is 12.9. The zero-order valence-corrected chi connectivity index (χ0v) is 8.53. The first kappa shape index (κ1) is 11.7. The van der Waals surface area contributed by atoms with Crippen LogP contribution in [0.15, 0.2) is 18.2 Å². The van der Waals surface area contributed by atoms with Crippen LogP contribution in [-0.2, 0) is 0 Å². The molecule has 1 aromatic rings. The van der Waals surface area contributed by atoms with Crippen LogP contribution < -0.4 is 5.73 Å². The largest absolute Gasteiger partial charge is 0.478 e. The Kier molecular flexibility index (Phi) is 3.80. The molecule has 3 nitrogen and oxygen atoms in total. The molecule has 0 aliphatic rings. The van der Waals surface area contributed by atoms with Gasteiger partial charge in [0.2, 0.25) is 0 Å². The molecular formula is C11H14FNO2. The molecule has 0 saturated heterocycles. The number of carboxylic acids is 1. The average molecular weight is 211 g/mol. The predicted molar refractivity (Wildman–Crippen MR) is 55.4 cm³/mol. The van der Waals surface area contributed by atoms with E-state index >= 15 is 0 Å². The minimum atomic E-state index is -1.10. The molecule has 4 heteroatoms. The minimum absolute atomic E-state index is 0.0240. The van der Waals surface area contributed by atoms with E-state index in [0.717, 1.165) is 6.07 Å². The van der Waals surface area contributed by atoms with Crippen molar-refractivity contribution in [1.29, 1.82) is 0 Å². The number of aromatic carboxylic acids is 1. The van der Waals surface area contributed by atoms with Crippen molar-refractivity contribution >= 4 is 5.97 Å². The third kappa shape index (κ3) is 2.76. The summed E-state index contributed by atoms with van der Waals surface area (Å²) in [5, 5.41) is 8.91. The summed E-state index contributed by atoms with van der Waals surface area (Å²) in [6.07, 6.45) is 0.686. The van der Waals surface area contributed by atoms with E-state index in [9.17, 15) is 9.18 Å². The van der Waals surface area contributed by atoms with Gasteiger partial charge in [0.25, 0.3) is 0 Å². The second-order valence-corrected chi connectivity index (χ2v) is 3.52. The number of rotatable bonds is 4. The SMILES string of the molecule is CC(CCN)c1ccc(F)cc1C(=O)O. The van der Waals surface area contributed by atoms with Gasteiger partial charge in [0.05, 0.1) is 5.56 Å². The van der Waals surface area contributed by atoms with Crippen molar-refractivity contribution in [2.75, 3.05) is 6.54 Å². The Morgan fingerprint density at radius 1 is 1.60 bits per heavy atom. The standard InChI is InChI=1S/C11H14FNO2/c1-7(4-5-13)9-3-2-8(12)6-10(9)11(14)15/h2-3,6-7H,4-5,13H2,1H3,(H,14,15). The van der Waals surface area contributed by atoms with Crippen molar-refractivity contribution in [2.45, 2.75) is 19.3 Å². The summed E-state index contributed by atoms with van der Waals surface area (Å²) in [7, 11) is 0. The van der Waals surface area contributed by atoms with E-state index in [1.807, 2.05) is 6.92 Å². The van der Waals surface area contributed by atoms with Gasteiger partial charge in [-0.3, -0.25) is 0 Å². The van der Waals surface area contributed by atoms with Crippen LogP contribution in [0.2, 0.25) is 0 Å². The highest BCUT2D eigenvalue weighted by Crippen LogP contribution is 2.23. The summed E-state index contributed by atoms with van der Waals surface area (Å²) >= 11 is 0. The molecule has 1 atom stereocenters. The van der Waals surface area contributed by atoms with Crippen molar-refractivity contribution < 1.29 is 14.3 Å². The number of hydrogen-bond acceptors (Lipinski definition) is 2. The summed E-state index contributed by atoms with van der Waals surface area (Å²) in [6, 6.07) is 3.83. The monoisotopic (exact) mass is 211 g/mol. The van der Waals surface area contributed by atoms with Gasteiger partial charge in [-0.05, 0) is 36.6 Å². The maximum absolute atomic E-state index is 12.9. The Hall–Kier alpha value is -1.42. The fourth-order valence-corrected chi connectivity index (χ4v) is 1.55. The highest BCUT2D eigenvalue weighted by molar-refractivity contribution is 5.89. The van der Waals surface area contributed by atoms with Crippen molar-refractivity contribution in [1.82, 2.24) is 0 Å². The lowest BCUT2D eigenvalue weighted by Gasteiger charge is -2.13. The highest BCUT2D eigenvalue weighted by atomic mass is 19.1. The van der Waals surface area contributed by atoms with Crippen LogP contribution in [-0.4, -0.2) is 17.6 Å². The molecule has 0 amide bonds. The molecule has 15 heavy (non-hydrogen) atoms. The van der Waals surface area contributed by atoms with Gasteiger partial charge in [-0.1, -0.05) is 13.0 Å². The zero-order chi connectivity index (χ0) is 11.4. The van der Waals surface area contributed by atoms with Crippen LogP contribution in [0, 0.1) is 5.82 Å². The summed E-state index contributed by atoms with van der Waals surface area (Å²) in [5.74, 6) is -1.61. The quantitative estimate of drug-likeness (QED) is 0.800. The lowest BCUT2D eigenvalue weighted by atomic mass is 9.93. The number of nitrogens with two attached hydrogens (primary N) is 1. The Labute approximate surface area is 87.7 Å². The molecular weight excluding hydrogens is 197 g/mol. The molecule has 0 saturated carbocycles. The minimum Gasteiger partial charge on any atom is -0.478 e. The molecule has 1 unspecified atom stereocenters. The van der Waals surface area contributed by atoms with E-state index in [-0.39, 0.29) is 11.5 Å². The van der Waals surface area contributed by atoms with Crippen molar-refractivity contribution in [3.05, 3.63) is 35.1 Å². The van der Waals surface area contributed by atoms with Gasteiger partial charge in [-0.25, -0.2) is 9.18 Å². The second kappa shape index (κ2) is 4.89. The first-order chi connectivity index (χ1) is 7.06. The first-order valence-corrected chi connectivity index (χ1v) is 4.79. The van der Waals surface area contributed by atoms with Gasteiger partial charge in [0.1, 0.15) is 5.82 Å². The summed E-state index contributed by atoms with van der Waals surface area (Å²) in [4.78, 5) is 10.9. The number of halogens is 1. The Balaban J connectivity index is 3.10. The number of hydrogen-bond donors (Lipinski definition) is 2. The zero-order valence-electron chi connectivity index (χ0n) is 8.53. The smallest absolute Gasteiger partial charge is 0.336 e. The second-order valence-electron chi connectivity index (χ2n) is 3.52. The van der Waals surface area contributed by atoms with Gasteiger partial charge >= 0.3 is 5.97 Å². The molecule has 3 N–H and O–H groups in total. The Bertz CT molecular complexity index is 366. The fraction of sp³-hybridized carbons (Fsp3) is 0.364. The van der Waals surface area contributed by atoms with Crippen molar-refractivity contribution in [3.8, 4) is 0 Å². The fourth-order valence-electron chi connectivity index (χ4n) is 1.55. The molecule has 0 aromatic heterocycles. The normalized spacial score (nSPS) is 12.5. The van der Waals surface area contributed by atoms with Crippen LogP contribution in [0.4, 0.5) is 4.39 Å². The summed E-state index contributed by atoms with van der Waals surface area (Å²) < 4.78 is 12.9. The molecule has 0 aliphatic heterocycles. The van der Waals surface area contributed by atoms with Crippen LogP contribution >= 0.6 is 0 Å². The molecule has 0 spiro atoms. The molecule has 0 bridgehead atoms. The molecule has 1 aromatic carbocycles. The van der Waals surface area contributed by atoms with E-state index in [4.69, 9.17) is 10.8 Å². The van der Waals surface area contributed by atoms with E-state index in [1.165, 1.54) is 12.1 Å². The average Bonchev–Trinajstić information content (AvgIpc) is 2.17. The van der Waals surface area contributed by atoms with Gasteiger partial charge < -0.3 is 10.8 Å². The lowest BCUT2D eigenvalue weighted by molar-refractivity contribution is 0.0694. The van der Waals surface area contributed by atoms with Crippen molar-refractivity contribution in [3.63, 3.8) is 0 Å². The van der Waals surface area contributed by atoms with Crippen LogP contribution in [0.5, 0.6) is 0 Å². The van der Waals surface area contributed by atoms with E-state index in [2.05, 4.69) is 0 Å². The van der Waals surface area contributed by atoms with Gasteiger partial charge in [-0.2, -0.15) is 0 Å². The molecule has 0 heterocycles. The third-order valence-electron chi connectivity index (χ3n) is 2.38. The molecule has 1 rings (SSSR count). The van der Waals surface area contributed by atoms with E-state index < -0.39 is 11.8 Å². The first-order valence-electron chi connectivity index (χ1n) is 4.79. The molecule has 82 valence electrons. The van der Waals surface area contributed by atoms with Crippen LogP contribution in [0.1, 0.15) is 35.2 Å². The summed E-state index contributed by atoms with van der Waals surface area (Å²) in [5.41, 5.74) is 6.06. The predicted octanol–water partition coefficient (Wildman–Crippen LogP) is 1.98. The topological polar surface area (TPSA) is 63.3 Å². The molecule has 0 radical (unpaired) electrons. The Morgan fingerprint density at radius 3 is 2.80 bits per heavy atom. The number of benzene rings is 1. The van der Waals surface area contributed by atoms with Crippen LogP contribution in [0.25, 0.3) is 0 Å². The molecule has 0 aliphatic carbocycles. The van der Waals surface area contributed by atoms with E-state index in [0.29, 0.717) is 18.5 Å². The van der Waals surface area contributed by atoms with Gasteiger partial charge in [0, 0.05) is 0 Å². The third-order valence-corrected chi connectivity index (χ3v) is 2.38. The van der Waals surface area contributed by atoms with E-state index in [1.54, 1.807) is 0 Å². The lowest BCUT2D eigenvalue weighted by Crippen LogP contribution is -2.10. The molecule has 0 fully saturated rings. The number of carboxylic acid groups (broad SMARTS) is 1. The van der Waals surface area contributed by atoms with Gasteiger partial charge in [-0.15, -0.1) is 0 Å². The number of carbonyl (C=O) groups is 1. The van der Waals surface area contributed by atoms with Crippen LogP contribution in [0.3, 0.4) is 0 Å².